The highest BCUT2D eigenvalue weighted by Crippen LogP contribution is 2.55. The van der Waals surface area contributed by atoms with E-state index in [9.17, 15) is 105 Å². The van der Waals surface area contributed by atoms with Crippen molar-refractivity contribution in [2.45, 2.75) is 127 Å². The van der Waals surface area contributed by atoms with Gasteiger partial charge in [-0.15, -0.1) is 117 Å². The van der Waals surface area contributed by atoms with Gasteiger partial charge in [0, 0.05) is 85.2 Å². The summed E-state index contributed by atoms with van der Waals surface area (Å²) in [5.74, 6) is -17.0. The van der Waals surface area contributed by atoms with Crippen LogP contribution in [0.3, 0.4) is 0 Å². The summed E-state index contributed by atoms with van der Waals surface area (Å²) >= 11 is 0. The lowest BCUT2D eigenvalue weighted by Gasteiger charge is -2.37. The number of rotatable bonds is 19. The number of fused-ring (bicyclic) bond motifs is 5. The molecule has 0 bridgehead atoms. The minimum atomic E-state index is -4.85. The number of aryl methyl sites for hydroxylation is 1. The van der Waals surface area contributed by atoms with Gasteiger partial charge >= 0.3 is 49.6 Å². The number of halogens is 24. The minimum absolute atomic E-state index is 0.0245. The Morgan fingerprint density at radius 2 is 0.576 bits per heavy atom. The van der Waals surface area contributed by atoms with Crippen LogP contribution < -0.4 is 42.6 Å². The standard InChI is InChI=1S/C18H16F4N4O2.C16H11F5N4O2.2C15H11F5N4O2.C15H11F5N4O/c1-17(19)8-10(9-17)16-24-23-15-6-5-13(25-26(15)16)12-4-3-11(7-14(12)27-2)28-18(20,21)22;1-26-12-6-8(27-16(19,20)21)2-3-9(12)11-4-5-13-22-23-14(25(13)24-11)10-7-15(10,17)18;2*1-14(16,17)13-22-21-12-6-5-10(23-24(12)13)9-4-3-8(7-11(9)25-2)26-15(18,19)20;1-8-7-9(3-5-11(8)25-15(18,19)20)10-4-6-12-21-22-13(14(2,16)17)24(12)23-10/h3-7,10H,8-9H2,1-2H3;2-6,10H,7H2,1H3;2*3-7H,1-2H3;3-7H,1-2H3. The number of hydrogen-bond donors (Lipinski definition) is 0. The van der Waals surface area contributed by atoms with Gasteiger partial charge in [-0.05, 0) is 160 Å². The number of alkyl halides is 24. The van der Waals surface area contributed by atoms with Crippen LogP contribution in [0.2, 0.25) is 0 Å². The van der Waals surface area contributed by atoms with Crippen LogP contribution in [-0.4, -0.2) is 171 Å². The molecule has 0 aliphatic heterocycles. The lowest BCUT2D eigenvalue weighted by atomic mass is 9.73. The van der Waals surface area contributed by atoms with E-state index in [2.05, 4.69) is 100 Å². The van der Waals surface area contributed by atoms with Crippen molar-refractivity contribution in [3.05, 3.63) is 186 Å². The van der Waals surface area contributed by atoms with Crippen molar-refractivity contribution in [3.63, 3.8) is 0 Å². The van der Waals surface area contributed by atoms with Gasteiger partial charge in [-0.3, -0.25) is 0 Å². The van der Waals surface area contributed by atoms with Crippen molar-refractivity contribution >= 4 is 28.2 Å². The van der Waals surface area contributed by atoms with Crippen LogP contribution in [0.25, 0.3) is 84.5 Å². The van der Waals surface area contributed by atoms with E-state index in [1.54, 1.807) is 25.1 Å². The maximum atomic E-state index is 13.9. The van der Waals surface area contributed by atoms with Gasteiger partial charge in [-0.2, -0.15) is 74.4 Å². The maximum Gasteiger partial charge on any atom is 0.573 e. The fraction of sp³-hybridized carbons (Fsp3) is 0.304. The Labute approximate surface area is 722 Å². The smallest absolute Gasteiger partial charge is 0.496 e. The summed E-state index contributed by atoms with van der Waals surface area (Å²) in [6.07, 6.45) is -23.8. The molecule has 1 unspecified atom stereocenters. The van der Waals surface area contributed by atoms with E-state index in [0.29, 0.717) is 73.2 Å². The summed E-state index contributed by atoms with van der Waals surface area (Å²) < 4.78 is 353. The largest absolute Gasteiger partial charge is 0.573 e. The highest BCUT2D eigenvalue weighted by molar-refractivity contribution is 5.73. The van der Waals surface area contributed by atoms with Crippen molar-refractivity contribution < 1.29 is 148 Å². The lowest BCUT2D eigenvalue weighted by molar-refractivity contribution is -0.275. The first-order valence-corrected chi connectivity index (χ1v) is 37.5. The molecule has 2 aliphatic carbocycles. The number of nitrogens with zero attached hydrogens (tertiary/aromatic N) is 20. The van der Waals surface area contributed by atoms with Crippen molar-refractivity contribution in [3.8, 4) is 108 Å². The highest BCUT2D eigenvalue weighted by Gasteiger charge is 2.60. The zero-order valence-corrected chi connectivity index (χ0v) is 68.4. The number of ether oxygens (including phenoxy) is 9. The molecule has 0 amide bonds. The van der Waals surface area contributed by atoms with Crippen LogP contribution in [0.1, 0.15) is 93.5 Å². The van der Waals surface area contributed by atoms with Crippen molar-refractivity contribution in [1.82, 2.24) is 99.1 Å². The summed E-state index contributed by atoms with van der Waals surface area (Å²) in [7, 11) is 5.12. The first-order chi connectivity index (χ1) is 61.5. The van der Waals surface area contributed by atoms with Gasteiger partial charge in [0.15, 0.2) is 39.9 Å². The Kier molecular flexibility index (Phi) is 25.7. The number of hydrogen-bond acceptors (Lipinski definition) is 24. The van der Waals surface area contributed by atoms with E-state index < -0.39 is 108 Å². The van der Waals surface area contributed by atoms with Crippen LogP contribution in [0.4, 0.5) is 105 Å². The number of aromatic nitrogens is 20. The molecule has 15 aromatic rings. The normalized spacial score (nSPS) is 15.8. The monoisotopic (exact) mass is 1890 g/mol. The molecule has 10 aromatic heterocycles. The van der Waals surface area contributed by atoms with Crippen molar-refractivity contribution in [2.75, 3.05) is 28.4 Å². The third-order valence-electron chi connectivity index (χ3n) is 18.8. The van der Waals surface area contributed by atoms with Crippen molar-refractivity contribution in [2.24, 2.45) is 0 Å². The van der Waals surface area contributed by atoms with Crippen LogP contribution >= 0.6 is 0 Å². The Balaban J connectivity index is 0.000000140. The fourth-order valence-electron chi connectivity index (χ4n) is 13.0. The molecule has 5 aromatic carbocycles. The maximum absolute atomic E-state index is 13.9. The summed E-state index contributed by atoms with van der Waals surface area (Å²) in [6.45, 7) is 4.96. The molecule has 698 valence electrons. The molecule has 2 aliphatic rings. The summed E-state index contributed by atoms with van der Waals surface area (Å²) in [5.41, 5.74) is 3.33. The first-order valence-electron chi connectivity index (χ1n) is 37.5. The number of methoxy groups -OCH3 is 4. The molecule has 10 heterocycles. The second kappa shape index (κ2) is 35.7. The van der Waals surface area contributed by atoms with E-state index in [1.165, 1.54) is 129 Å². The minimum Gasteiger partial charge on any atom is -0.496 e. The molecular formula is C79H60F24N20O9. The second-order valence-corrected chi connectivity index (χ2v) is 29.0. The SMILES string of the molecule is COc1cc(OC(F)(F)F)ccc1-c1ccc2nnc(C(C)(F)F)n2n1.COc1cc(OC(F)(F)F)ccc1-c1ccc2nnc(C(C)(F)F)n2n1.COc1cc(OC(F)(F)F)ccc1-c1ccc2nnc(C3CC(C)(F)C3)n2n1.COc1cc(OC(F)(F)F)ccc1-c1ccc2nnc(C3CC3(F)F)n2n1.Cc1cc(-c2ccc3nnc(C(C)(F)F)n3n2)ccc1OC(F)(F)F. The summed E-state index contributed by atoms with van der Waals surface area (Å²) in [4.78, 5) is 0. The molecule has 2 fully saturated rings. The van der Waals surface area contributed by atoms with Gasteiger partial charge in [-0.25, -0.2) is 13.2 Å². The van der Waals surface area contributed by atoms with E-state index in [0.717, 1.165) is 62.1 Å². The third kappa shape index (κ3) is 22.6. The molecule has 17 rings (SSSR count). The molecule has 0 spiro atoms. The number of benzene rings is 5. The lowest BCUT2D eigenvalue weighted by Crippen LogP contribution is -2.36. The molecule has 0 N–H and O–H groups in total. The van der Waals surface area contributed by atoms with Crippen LogP contribution in [-0.2, 0) is 17.8 Å². The second-order valence-electron chi connectivity index (χ2n) is 29.0. The zero-order valence-electron chi connectivity index (χ0n) is 68.4. The quantitative estimate of drug-likeness (QED) is 0.0679. The Morgan fingerprint density at radius 1 is 0.303 bits per heavy atom. The van der Waals surface area contributed by atoms with E-state index in [4.69, 9.17) is 18.9 Å². The zero-order chi connectivity index (χ0) is 96.1. The van der Waals surface area contributed by atoms with Gasteiger partial charge in [0.05, 0.1) is 62.8 Å². The molecule has 29 nitrogen and oxygen atoms in total. The van der Waals surface area contributed by atoms with E-state index in [1.807, 2.05) is 0 Å². The van der Waals surface area contributed by atoms with Crippen molar-refractivity contribution in [1.29, 1.82) is 0 Å². The first kappa shape index (κ1) is 95.0. The van der Waals surface area contributed by atoms with Crippen LogP contribution in [0, 0.1) is 6.92 Å². The highest BCUT2D eigenvalue weighted by atomic mass is 19.4. The van der Waals surface area contributed by atoms with Crippen LogP contribution in [0.15, 0.2) is 152 Å². The molecule has 1 atom stereocenters. The average molecular weight is 1890 g/mol. The Bertz CT molecular complexity index is 6560. The molecule has 0 saturated heterocycles. The Morgan fingerprint density at radius 3 is 0.856 bits per heavy atom. The topological polar surface area (TPSA) is 298 Å². The van der Waals surface area contributed by atoms with Gasteiger partial charge in [0.25, 0.3) is 5.92 Å². The summed E-state index contributed by atoms with van der Waals surface area (Å²) in [6, 6.07) is 33.1. The molecule has 132 heavy (non-hydrogen) atoms. The molecule has 0 radical (unpaired) electrons. The molecule has 2 saturated carbocycles. The van der Waals surface area contributed by atoms with Gasteiger partial charge < -0.3 is 42.6 Å². The predicted molar refractivity (Wildman–Crippen MR) is 408 cm³/mol. The van der Waals surface area contributed by atoms with E-state index >= 15 is 0 Å². The van der Waals surface area contributed by atoms with Crippen LogP contribution in [0.5, 0.6) is 51.7 Å². The van der Waals surface area contributed by atoms with Gasteiger partial charge in [-0.1, -0.05) is 0 Å². The Hall–Kier alpha value is -14.6. The predicted octanol–water partition coefficient (Wildman–Crippen LogP) is 19.9. The summed E-state index contributed by atoms with van der Waals surface area (Å²) in [5, 5.41) is 57.8. The fourth-order valence-corrected chi connectivity index (χ4v) is 13.0. The molecular weight excluding hydrogens is 1830 g/mol. The third-order valence-corrected chi connectivity index (χ3v) is 18.8. The van der Waals surface area contributed by atoms with Gasteiger partial charge in [0.2, 0.25) is 17.5 Å². The average Bonchev–Trinajstić information content (AvgIpc) is 1.58. The van der Waals surface area contributed by atoms with Gasteiger partial charge in [0.1, 0.15) is 57.4 Å². The van der Waals surface area contributed by atoms with E-state index in [-0.39, 0.29) is 103 Å². The molecule has 53 heteroatoms.